The lowest BCUT2D eigenvalue weighted by Crippen LogP contribution is -2.29. The Morgan fingerprint density at radius 3 is 1.75 bits per heavy atom. The molecule has 1 aromatic heterocycles. The van der Waals surface area contributed by atoms with Crippen molar-refractivity contribution in [2.45, 2.75) is 20.1 Å². The van der Waals surface area contributed by atoms with Crippen molar-refractivity contribution in [2.24, 2.45) is 0 Å². The Morgan fingerprint density at radius 2 is 1.09 bits per heavy atom. The largest absolute Gasteiger partial charge is 0.369 e. The van der Waals surface area contributed by atoms with Gasteiger partial charge in [0.25, 0.3) is 5.91 Å². The SMILES string of the molecule is Cc1ccc(-c2ccc3c(c2)c2ccccc2n3-c2cccc3c2C(=O)N(c2c(-c4ccccc4)cc(-c4ccccc4)cc2-c2ccccc2)C3O)c(C)c1. The van der Waals surface area contributed by atoms with Crippen molar-refractivity contribution < 1.29 is 9.90 Å². The molecule has 1 aliphatic rings. The molecule has 1 atom stereocenters. The lowest BCUT2D eigenvalue weighted by atomic mass is 9.90. The van der Waals surface area contributed by atoms with Crippen molar-refractivity contribution in [3.8, 4) is 50.2 Å². The van der Waals surface area contributed by atoms with E-state index in [0.717, 1.165) is 66.4 Å². The van der Waals surface area contributed by atoms with Gasteiger partial charge < -0.3 is 9.67 Å². The van der Waals surface area contributed by atoms with Crippen LogP contribution in [0.1, 0.15) is 33.3 Å². The Hall–Kier alpha value is -7.01. The summed E-state index contributed by atoms with van der Waals surface area (Å²) < 4.78 is 2.19. The molecule has 1 amide bonds. The molecule has 4 nitrogen and oxygen atoms in total. The lowest BCUT2D eigenvalue weighted by molar-refractivity contribution is 0.0935. The molecular formula is C52H38N2O2. The predicted molar refractivity (Wildman–Crippen MR) is 230 cm³/mol. The van der Waals surface area contributed by atoms with E-state index in [4.69, 9.17) is 0 Å². The number of benzene rings is 8. The third kappa shape index (κ3) is 5.37. The smallest absolute Gasteiger partial charge is 0.263 e. The number of nitrogens with zero attached hydrogens (tertiary/aromatic N) is 2. The first kappa shape index (κ1) is 33.6. The Kier molecular flexibility index (Phi) is 8.02. The molecule has 0 spiro atoms. The molecule has 2 heterocycles. The van der Waals surface area contributed by atoms with Crippen molar-refractivity contribution in [1.82, 2.24) is 4.57 Å². The number of carbonyl (C=O) groups is 1. The van der Waals surface area contributed by atoms with Gasteiger partial charge in [-0.2, -0.15) is 0 Å². The summed E-state index contributed by atoms with van der Waals surface area (Å²) in [6.45, 7) is 4.28. The summed E-state index contributed by atoms with van der Waals surface area (Å²) in [7, 11) is 0. The summed E-state index contributed by atoms with van der Waals surface area (Å²) in [5.74, 6) is -0.247. The molecule has 0 bridgehead atoms. The van der Waals surface area contributed by atoms with Gasteiger partial charge in [0, 0.05) is 27.5 Å². The van der Waals surface area contributed by atoms with E-state index in [9.17, 15) is 5.11 Å². The first-order chi connectivity index (χ1) is 27.5. The van der Waals surface area contributed by atoms with E-state index in [1.165, 1.54) is 16.7 Å². The van der Waals surface area contributed by atoms with Gasteiger partial charge in [0.15, 0.2) is 6.23 Å². The van der Waals surface area contributed by atoms with Crippen LogP contribution in [-0.4, -0.2) is 15.6 Å². The maximum atomic E-state index is 15.4. The average Bonchev–Trinajstić information content (AvgIpc) is 3.71. The van der Waals surface area contributed by atoms with E-state index < -0.39 is 6.23 Å². The minimum Gasteiger partial charge on any atom is -0.369 e. The van der Waals surface area contributed by atoms with E-state index >= 15 is 4.79 Å². The van der Waals surface area contributed by atoms with Crippen molar-refractivity contribution in [1.29, 1.82) is 0 Å². The van der Waals surface area contributed by atoms with E-state index in [1.54, 1.807) is 4.90 Å². The minimum atomic E-state index is -1.21. The van der Waals surface area contributed by atoms with E-state index in [1.807, 2.05) is 78.9 Å². The Bertz CT molecular complexity index is 2910. The number of aliphatic hydroxyl groups excluding tert-OH is 1. The van der Waals surface area contributed by atoms with Gasteiger partial charge in [-0.15, -0.1) is 0 Å². The van der Waals surface area contributed by atoms with E-state index in [0.29, 0.717) is 16.8 Å². The number of aliphatic hydroxyl groups is 1. The van der Waals surface area contributed by atoms with Gasteiger partial charge in [0.05, 0.1) is 28.0 Å². The zero-order valence-electron chi connectivity index (χ0n) is 31.1. The third-order valence-corrected chi connectivity index (χ3v) is 11.3. The van der Waals surface area contributed by atoms with Crippen molar-refractivity contribution in [2.75, 3.05) is 4.90 Å². The molecule has 4 heteroatoms. The standard InChI is InChI=1S/C52H38N2O2/c1-33-25-27-40(34(2)29-33)38-26-28-47-45(30-38)41-21-12-13-23-46(41)53(47)48-24-14-22-42-49(48)52(56)54(51(42)55)50-43(36-17-8-4-9-18-36)31-39(35-15-6-3-7-16-35)32-44(50)37-19-10-5-11-20-37/h3-32,51,55H,1-2H3. The van der Waals surface area contributed by atoms with Crippen LogP contribution in [0, 0.1) is 13.8 Å². The van der Waals surface area contributed by atoms with Gasteiger partial charge in [-0.1, -0.05) is 151 Å². The number of hydrogen-bond acceptors (Lipinski definition) is 2. The number of fused-ring (bicyclic) bond motifs is 4. The van der Waals surface area contributed by atoms with Crippen LogP contribution >= 0.6 is 0 Å². The average molecular weight is 723 g/mol. The molecule has 0 radical (unpaired) electrons. The van der Waals surface area contributed by atoms with Crippen LogP contribution in [0.5, 0.6) is 0 Å². The number of aromatic nitrogens is 1. The highest BCUT2D eigenvalue weighted by Crippen LogP contribution is 2.49. The fraction of sp³-hybridized carbons (Fsp3) is 0.0577. The molecular weight excluding hydrogens is 685 g/mol. The van der Waals surface area contributed by atoms with Crippen molar-refractivity contribution >= 4 is 33.4 Å². The number of hydrogen-bond donors (Lipinski definition) is 1. The van der Waals surface area contributed by atoms with Crippen LogP contribution < -0.4 is 4.90 Å². The molecule has 0 saturated carbocycles. The molecule has 0 aliphatic carbocycles. The van der Waals surface area contributed by atoms with Crippen LogP contribution in [0.15, 0.2) is 182 Å². The zero-order valence-corrected chi connectivity index (χ0v) is 31.1. The number of aryl methyl sites for hydroxylation is 2. The quantitative estimate of drug-likeness (QED) is 0.186. The molecule has 9 aromatic rings. The van der Waals surface area contributed by atoms with Gasteiger partial charge >= 0.3 is 0 Å². The third-order valence-electron chi connectivity index (χ3n) is 11.3. The Labute approximate surface area is 326 Å². The van der Waals surface area contributed by atoms with Gasteiger partial charge in [-0.05, 0) is 89.2 Å². The van der Waals surface area contributed by atoms with Crippen LogP contribution in [0.3, 0.4) is 0 Å². The van der Waals surface area contributed by atoms with Gasteiger partial charge in [-0.25, -0.2) is 0 Å². The fourth-order valence-electron chi connectivity index (χ4n) is 8.69. The van der Waals surface area contributed by atoms with Gasteiger partial charge in [0.2, 0.25) is 0 Å². The summed E-state index contributed by atoms with van der Waals surface area (Å²) >= 11 is 0. The Morgan fingerprint density at radius 1 is 0.482 bits per heavy atom. The maximum absolute atomic E-state index is 15.4. The molecule has 8 aromatic carbocycles. The number of anilines is 1. The molecule has 56 heavy (non-hydrogen) atoms. The second kappa shape index (κ2) is 13.4. The molecule has 0 saturated heterocycles. The van der Waals surface area contributed by atoms with Crippen molar-refractivity contribution in [3.63, 3.8) is 0 Å². The van der Waals surface area contributed by atoms with Gasteiger partial charge in [-0.3, -0.25) is 9.69 Å². The molecule has 10 rings (SSSR count). The highest BCUT2D eigenvalue weighted by Gasteiger charge is 2.41. The van der Waals surface area contributed by atoms with Crippen LogP contribution in [0.4, 0.5) is 5.69 Å². The van der Waals surface area contributed by atoms with E-state index in [2.05, 4.69) is 122 Å². The molecule has 0 fully saturated rings. The minimum absolute atomic E-state index is 0.247. The highest BCUT2D eigenvalue weighted by molar-refractivity contribution is 6.18. The Balaban J connectivity index is 1.20. The second-order valence-electron chi connectivity index (χ2n) is 14.7. The van der Waals surface area contributed by atoms with Gasteiger partial charge in [0.1, 0.15) is 0 Å². The monoisotopic (exact) mass is 722 g/mol. The first-order valence-corrected chi connectivity index (χ1v) is 19.1. The molecule has 1 unspecified atom stereocenters. The van der Waals surface area contributed by atoms with Crippen molar-refractivity contribution in [3.05, 3.63) is 204 Å². The maximum Gasteiger partial charge on any atom is 0.263 e. The number of rotatable bonds is 6. The normalized spacial score (nSPS) is 13.8. The van der Waals surface area contributed by atoms with Crippen LogP contribution in [0.2, 0.25) is 0 Å². The lowest BCUT2D eigenvalue weighted by Gasteiger charge is -2.28. The summed E-state index contributed by atoms with van der Waals surface area (Å²) in [6.07, 6.45) is -1.21. The predicted octanol–water partition coefficient (Wildman–Crippen LogP) is 12.7. The highest BCUT2D eigenvalue weighted by atomic mass is 16.3. The number of para-hydroxylation sites is 1. The first-order valence-electron chi connectivity index (χ1n) is 19.1. The zero-order chi connectivity index (χ0) is 37.9. The molecule has 1 N–H and O–H groups in total. The molecule has 268 valence electrons. The van der Waals surface area contributed by atoms with E-state index in [-0.39, 0.29) is 5.91 Å². The molecule has 1 aliphatic heterocycles. The summed E-state index contributed by atoms with van der Waals surface area (Å²) in [5, 5.41) is 14.7. The summed E-state index contributed by atoms with van der Waals surface area (Å²) in [4.78, 5) is 17.0. The number of carbonyl (C=O) groups excluding carboxylic acids is 1. The second-order valence-corrected chi connectivity index (χ2v) is 14.7. The summed E-state index contributed by atoms with van der Waals surface area (Å²) in [5.41, 5.74) is 15.0. The van der Waals surface area contributed by atoms with Crippen LogP contribution in [-0.2, 0) is 0 Å². The number of amides is 1. The topological polar surface area (TPSA) is 45.5 Å². The van der Waals surface area contributed by atoms with Crippen LogP contribution in [0.25, 0.3) is 72.0 Å². The fourth-order valence-corrected chi connectivity index (χ4v) is 8.69. The summed E-state index contributed by atoms with van der Waals surface area (Å²) in [6, 6.07) is 62.3.